The van der Waals surface area contributed by atoms with E-state index in [-0.39, 0.29) is 12.0 Å². The minimum Gasteiger partial charge on any atom is -0.369 e. The number of carbonyl (C=O) groups is 1. The molecule has 1 atom stereocenters. The summed E-state index contributed by atoms with van der Waals surface area (Å²) in [6, 6.07) is 9.55. The topological polar surface area (TPSA) is 85.2 Å². The summed E-state index contributed by atoms with van der Waals surface area (Å²) in [5.74, 6) is -0.196. The number of para-hydroxylation sites is 1. The number of aryl methyl sites for hydroxylation is 2. The average Bonchev–Trinajstić information content (AvgIpc) is 3.42. The van der Waals surface area contributed by atoms with Crippen molar-refractivity contribution in [2.45, 2.75) is 19.6 Å². The minimum absolute atomic E-state index is 0.196. The molecule has 0 unspecified atom stereocenters. The highest BCUT2D eigenvalue weighted by atomic mass is 32.1. The summed E-state index contributed by atoms with van der Waals surface area (Å²) < 4.78 is 7.94. The zero-order chi connectivity index (χ0) is 22.1. The highest BCUT2D eigenvalue weighted by Gasteiger charge is 2.26. The molecule has 1 amide bonds. The van der Waals surface area contributed by atoms with Crippen molar-refractivity contribution in [3.8, 4) is 0 Å². The van der Waals surface area contributed by atoms with Crippen molar-refractivity contribution in [2.24, 2.45) is 7.05 Å². The number of benzene rings is 1. The third-order valence-electron chi connectivity index (χ3n) is 5.62. The van der Waals surface area contributed by atoms with Gasteiger partial charge < -0.3 is 4.74 Å². The van der Waals surface area contributed by atoms with Gasteiger partial charge in [0.25, 0.3) is 5.91 Å². The van der Waals surface area contributed by atoms with E-state index in [0.29, 0.717) is 23.8 Å². The maximum absolute atomic E-state index is 13.1. The number of anilines is 1. The number of morpholine rings is 1. The first-order valence-electron chi connectivity index (χ1n) is 10.5. The van der Waals surface area contributed by atoms with Gasteiger partial charge in [-0.2, -0.15) is 5.10 Å². The summed E-state index contributed by atoms with van der Waals surface area (Å²) in [5.41, 5.74) is 4.37. The van der Waals surface area contributed by atoms with Crippen molar-refractivity contribution in [1.82, 2.24) is 24.6 Å². The third-order valence-corrected chi connectivity index (χ3v) is 6.31. The van der Waals surface area contributed by atoms with Gasteiger partial charge >= 0.3 is 0 Å². The van der Waals surface area contributed by atoms with E-state index in [1.807, 2.05) is 54.4 Å². The summed E-state index contributed by atoms with van der Waals surface area (Å²) in [4.78, 5) is 24.4. The summed E-state index contributed by atoms with van der Waals surface area (Å²) in [7, 11) is 1.94. The van der Waals surface area contributed by atoms with Crippen molar-refractivity contribution in [2.75, 3.05) is 25.0 Å². The van der Waals surface area contributed by atoms with E-state index in [1.165, 1.54) is 16.9 Å². The molecule has 1 N–H and O–H groups in total. The fraction of sp³-hybridized carbons (Fsp3) is 0.304. The highest BCUT2D eigenvalue weighted by Crippen LogP contribution is 2.27. The summed E-state index contributed by atoms with van der Waals surface area (Å²) in [5, 5.41) is 10.6. The Morgan fingerprint density at radius 2 is 2.22 bits per heavy atom. The van der Waals surface area contributed by atoms with Crippen LogP contribution in [-0.4, -0.2) is 50.3 Å². The lowest BCUT2D eigenvalue weighted by molar-refractivity contribution is -0.0349. The Morgan fingerprint density at radius 1 is 1.34 bits per heavy atom. The predicted molar refractivity (Wildman–Crippen MR) is 124 cm³/mol. The summed E-state index contributed by atoms with van der Waals surface area (Å²) in [6.45, 7) is 5.00. The average molecular weight is 449 g/mol. The number of carbonyl (C=O) groups excluding carboxylic acids is 1. The van der Waals surface area contributed by atoms with Gasteiger partial charge in [-0.15, -0.1) is 11.3 Å². The third kappa shape index (κ3) is 4.27. The van der Waals surface area contributed by atoms with Crippen LogP contribution >= 0.6 is 11.3 Å². The van der Waals surface area contributed by atoms with Crippen molar-refractivity contribution >= 4 is 33.3 Å². The molecule has 1 aliphatic rings. The molecule has 1 saturated heterocycles. The molecule has 1 fully saturated rings. The Labute approximate surface area is 189 Å². The van der Waals surface area contributed by atoms with Crippen molar-refractivity contribution < 1.29 is 9.53 Å². The molecule has 5 rings (SSSR count). The van der Waals surface area contributed by atoms with Gasteiger partial charge in [-0.05, 0) is 19.1 Å². The maximum Gasteiger partial charge on any atom is 0.258 e. The molecule has 1 aliphatic heterocycles. The smallest absolute Gasteiger partial charge is 0.258 e. The molecule has 0 saturated carbocycles. The van der Waals surface area contributed by atoms with Crippen LogP contribution in [0.5, 0.6) is 0 Å². The van der Waals surface area contributed by atoms with E-state index in [4.69, 9.17) is 9.72 Å². The van der Waals surface area contributed by atoms with Crippen LogP contribution in [0.3, 0.4) is 0 Å². The zero-order valence-electron chi connectivity index (χ0n) is 18.0. The molecule has 4 aromatic rings. The second kappa shape index (κ2) is 8.78. The number of amides is 1. The Kier molecular flexibility index (Phi) is 5.69. The maximum atomic E-state index is 13.1. The van der Waals surface area contributed by atoms with E-state index in [2.05, 4.69) is 26.5 Å². The lowest BCUT2D eigenvalue weighted by Gasteiger charge is -2.32. The second-order valence-corrected chi connectivity index (χ2v) is 8.81. The molecule has 32 heavy (non-hydrogen) atoms. The minimum atomic E-state index is -0.211. The largest absolute Gasteiger partial charge is 0.369 e. The molecule has 4 heterocycles. The fourth-order valence-corrected chi connectivity index (χ4v) is 4.59. The normalized spacial score (nSPS) is 17.0. The van der Waals surface area contributed by atoms with Crippen LogP contribution < -0.4 is 5.32 Å². The van der Waals surface area contributed by atoms with Crippen molar-refractivity contribution in [3.63, 3.8) is 0 Å². The number of rotatable bonds is 5. The molecule has 0 aliphatic carbocycles. The van der Waals surface area contributed by atoms with Crippen LogP contribution in [0.4, 0.5) is 5.13 Å². The number of thiazole rings is 1. The number of hydrogen-bond donors (Lipinski definition) is 1. The standard InChI is InChI=1S/C23H24N6O2S/c1-15-16(12-28(2)27-15)13-29-8-9-31-21(14-29)20-11-18(17-5-3-4-6-19(17)25-20)22(30)26-23-24-7-10-32-23/h3-7,10-12,21H,8-9,13-14H2,1-2H3,(H,24,26,30)/t21-/m0/s1. The Hall–Kier alpha value is -3.14. The van der Waals surface area contributed by atoms with E-state index in [1.54, 1.807) is 6.20 Å². The fourth-order valence-electron chi connectivity index (χ4n) is 4.07. The Balaban J connectivity index is 1.43. The van der Waals surface area contributed by atoms with Crippen LogP contribution in [0.1, 0.15) is 33.4 Å². The van der Waals surface area contributed by atoms with Gasteiger partial charge in [0.1, 0.15) is 6.10 Å². The number of ether oxygens (including phenoxy) is 1. The highest BCUT2D eigenvalue weighted by molar-refractivity contribution is 7.13. The Morgan fingerprint density at radius 3 is 3.00 bits per heavy atom. The number of hydrogen-bond acceptors (Lipinski definition) is 7. The monoisotopic (exact) mass is 448 g/mol. The van der Waals surface area contributed by atoms with Crippen molar-refractivity contribution in [1.29, 1.82) is 0 Å². The molecular formula is C23H24N6O2S. The molecule has 8 nitrogen and oxygen atoms in total. The quantitative estimate of drug-likeness (QED) is 0.503. The van der Waals surface area contributed by atoms with Crippen LogP contribution in [0, 0.1) is 6.92 Å². The second-order valence-electron chi connectivity index (χ2n) is 7.91. The first-order valence-corrected chi connectivity index (χ1v) is 11.4. The molecular weight excluding hydrogens is 424 g/mol. The summed E-state index contributed by atoms with van der Waals surface area (Å²) in [6.07, 6.45) is 3.52. The number of aromatic nitrogens is 4. The number of fused-ring (bicyclic) bond motifs is 1. The lowest BCUT2D eigenvalue weighted by Crippen LogP contribution is -2.38. The summed E-state index contributed by atoms with van der Waals surface area (Å²) >= 11 is 1.39. The predicted octanol–water partition coefficient (Wildman–Crippen LogP) is 3.56. The molecule has 164 valence electrons. The zero-order valence-corrected chi connectivity index (χ0v) is 18.8. The van der Waals surface area contributed by atoms with E-state index < -0.39 is 0 Å². The number of nitrogens with one attached hydrogen (secondary N) is 1. The van der Waals surface area contributed by atoms with Crippen LogP contribution in [0.2, 0.25) is 0 Å². The molecule has 0 radical (unpaired) electrons. The van der Waals surface area contributed by atoms with Crippen LogP contribution in [0.25, 0.3) is 10.9 Å². The van der Waals surface area contributed by atoms with Gasteiger partial charge in [-0.1, -0.05) is 18.2 Å². The van der Waals surface area contributed by atoms with Gasteiger partial charge in [-0.3, -0.25) is 19.7 Å². The Bertz CT molecular complexity index is 1250. The van der Waals surface area contributed by atoms with Gasteiger partial charge in [0, 0.05) is 55.4 Å². The molecule has 0 bridgehead atoms. The van der Waals surface area contributed by atoms with Crippen LogP contribution in [0.15, 0.2) is 48.1 Å². The molecule has 9 heteroatoms. The number of nitrogens with zero attached hydrogens (tertiary/aromatic N) is 5. The SMILES string of the molecule is Cc1nn(C)cc1CN1CCO[C@H](c2cc(C(=O)Nc3nccs3)c3ccccc3n2)C1. The van der Waals surface area contributed by atoms with Gasteiger partial charge in [0.15, 0.2) is 5.13 Å². The van der Waals surface area contributed by atoms with Gasteiger partial charge in [0.2, 0.25) is 0 Å². The van der Waals surface area contributed by atoms with Crippen LogP contribution in [-0.2, 0) is 18.3 Å². The van der Waals surface area contributed by atoms with E-state index in [0.717, 1.165) is 35.4 Å². The molecule has 1 aromatic carbocycles. The van der Waals surface area contributed by atoms with Gasteiger partial charge in [-0.25, -0.2) is 9.97 Å². The van der Waals surface area contributed by atoms with Crippen molar-refractivity contribution in [3.05, 3.63) is 70.6 Å². The van der Waals surface area contributed by atoms with E-state index in [9.17, 15) is 4.79 Å². The first-order chi connectivity index (χ1) is 15.6. The van der Waals surface area contributed by atoms with E-state index >= 15 is 0 Å². The molecule has 3 aromatic heterocycles. The van der Waals surface area contributed by atoms with Gasteiger partial charge in [0.05, 0.1) is 29.1 Å². The molecule has 0 spiro atoms. The number of pyridine rings is 1. The lowest BCUT2D eigenvalue weighted by atomic mass is 10.0. The first kappa shape index (κ1) is 20.7.